The molecule has 1 saturated carbocycles. The second-order valence-corrected chi connectivity index (χ2v) is 5.13. The van der Waals surface area contributed by atoms with Gasteiger partial charge in [-0.15, -0.1) is 0 Å². The van der Waals surface area contributed by atoms with Crippen LogP contribution >= 0.6 is 0 Å². The minimum Gasteiger partial charge on any atom is -0.385 e. The first kappa shape index (κ1) is 14.4. The normalized spacial score (nSPS) is 20.2. The summed E-state index contributed by atoms with van der Waals surface area (Å²) in [6.45, 7) is 2.34. The molecule has 1 aliphatic carbocycles. The van der Waals surface area contributed by atoms with Crippen LogP contribution in [0.15, 0.2) is 18.2 Å². The van der Waals surface area contributed by atoms with Gasteiger partial charge in [-0.2, -0.15) is 0 Å². The number of aliphatic hydroxyl groups is 1. The summed E-state index contributed by atoms with van der Waals surface area (Å²) in [4.78, 5) is 0. The Morgan fingerprint density at radius 1 is 1.26 bits per heavy atom. The van der Waals surface area contributed by atoms with E-state index in [2.05, 4.69) is 0 Å². The van der Waals surface area contributed by atoms with Crippen LogP contribution in [-0.4, -0.2) is 17.3 Å². The molecule has 1 aromatic carbocycles. The zero-order valence-electron chi connectivity index (χ0n) is 11.2. The third kappa shape index (κ3) is 2.95. The molecule has 2 nitrogen and oxygen atoms in total. The lowest BCUT2D eigenvalue weighted by atomic mass is 9.78. The van der Waals surface area contributed by atoms with E-state index in [0.717, 1.165) is 25.3 Å². The van der Waals surface area contributed by atoms with Crippen LogP contribution in [0.2, 0.25) is 0 Å². The molecule has 1 unspecified atom stereocenters. The van der Waals surface area contributed by atoms with Crippen molar-refractivity contribution in [2.24, 2.45) is 0 Å². The first-order valence-electron chi connectivity index (χ1n) is 6.86. The predicted molar refractivity (Wildman–Crippen MR) is 68.8 cm³/mol. The Morgan fingerprint density at radius 3 is 2.53 bits per heavy atom. The quantitative estimate of drug-likeness (QED) is 0.903. The fourth-order valence-corrected chi connectivity index (χ4v) is 2.94. The highest BCUT2D eigenvalue weighted by Crippen LogP contribution is 2.42. The van der Waals surface area contributed by atoms with Crippen molar-refractivity contribution in [3.05, 3.63) is 35.4 Å². The van der Waals surface area contributed by atoms with Crippen molar-refractivity contribution in [2.45, 2.75) is 50.7 Å². The highest BCUT2D eigenvalue weighted by Gasteiger charge is 2.41. The molecule has 1 N–H and O–H groups in total. The summed E-state index contributed by atoms with van der Waals surface area (Å²) in [7, 11) is 0. The maximum Gasteiger partial charge on any atom is 0.132 e. The smallest absolute Gasteiger partial charge is 0.132 e. The number of aliphatic hydroxyl groups excluding tert-OH is 1. The van der Waals surface area contributed by atoms with E-state index in [0.29, 0.717) is 19.4 Å². The van der Waals surface area contributed by atoms with Crippen LogP contribution in [0.5, 0.6) is 0 Å². The summed E-state index contributed by atoms with van der Waals surface area (Å²) >= 11 is 0. The lowest BCUT2D eigenvalue weighted by Crippen LogP contribution is -2.41. The van der Waals surface area contributed by atoms with E-state index in [1.54, 1.807) is 0 Å². The van der Waals surface area contributed by atoms with E-state index in [1.165, 1.54) is 12.1 Å². The van der Waals surface area contributed by atoms with Crippen molar-refractivity contribution < 1.29 is 18.6 Å². The summed E-state index contributed by atoms with van der Waals surface area (Å²) in [5, 5.41) is 10.5. The second-order valence-electron chi connectivity index (χ2n) is 5.13. The van der Waals surface area contributed by atoms with Gasteiger partial charge in [-0.3, -0.25) is 0 Å². The van der Waals surface area contributed by atoms with Crippen molar-refractivity contribution in [3.63, 3.8) is 0 Å². The third-order valence-corrected chi connectivity index (χ3v) is 3.89. The molecule has 0 aliphatic heterocycles. The molecule has 106 valence electrons. The minimum absolute atomic E-state index is 0.122. The Labute approximate surface area is 112 Å². The fraction of sp³-hybridized carbons (Fsp3) is 0.600. The summed E-state index contributed by atoms with van der Waals surface area (Å²) in [6.07, 6.45) is 3.39. The summed E-state index contributed by atoms with van der Waals surface area (Å²) in [5.41, 5.74) is -0.608. The Bertz CT molecular complexity index is 423. The van der Waals surface area contributed by atoms with Crippen molar-refractivity contribution >= 4 is 0 Å². The number of hydrogen-bond acceptors (Lipinski definition) is 2. The Balaban J connectivity index is 2.30. The second kappa shape index (κ2) is 5.97. The molecule has 2 rings (SSSR count). The summed E-state index contributed by atoms with van der Waals surface area (Å²) in [6, 6.07) is 3.29. The molecule has 0 saturated heterocycles. The zero-order chi connectivity index (χ0) is 13.9. The molecule has 0 amide bonds. The maximum atomic E-state index is 13.8. The predicted octanol–water partition coefficient (Wildman–Crippen LogP) is 3.74. The topological polar surface area (TPSA) is 29.5 Å². The van der Waals surface area contributed by atoms with Crippen LogP contribution in [0, 0.1) is 11.6 Å². The number of ether oxygens (including phenoxy) is 1. The Kier molecular flexibility index (Phi) is 4.53. The van der Waals surface area contributed by atoms with E-state index >= 15 is 0 Å². The van der Waals surface area contributed by atoms with Crippen LogP contribution in [0.25, 0.3) is 0 Å². The molecule has 4 heteroatoms. The Hall–Kier alpha value is -1.00. The first-order valence-corrected chi connectivity index (χ1v) is 6.86. The summed E-state index contributed by atoms with van der Waals surface area (Å²) in [5.74, 6) is -1.35. The standard InChI is InChI=1S/C15H20F2O2/c1-2-19-15(8-4-3-5-9-15)14(18)12-7-6-11(16)10-13(12)17/h6-7,10,14,18H,2-5,8-9H2,1H3. The Morgan fingerprint density at radius 2 is 1.95 bits per heavy atom. The lowest BCUT2D eigenvalue weighted by molar-refractivity contribution is -0.142. The average molecular weight is 270 g/mol. The van der Waals surface area contributed by atoms with Gasteiger partial charge in [0, 0.05) is 18.2 Å². The number of benzene rings is 1. The van der Waals surface area contributed by atoms with Crippen LogP contribution in [0.4, 0.5) is 8.78 Å². The van der Waals surface area contributed by atoms with Gasteiger partial charge in [-0.1, -0.05) is 25.3 Å². The monoisotopic (exact) mass is 270 g/mol. The molecule has 19 heavy (non-hydrogen) atoms. The van der Waals surface area contributed by atoms with Crippen molar-refractivity contribution in [1.29, 1.82) is 0 Å². The maximum absolute atomic E-state index is 13.8. The SMILES string of the molecule is CCOC1(C(O)c2ccc(F)cc2F)CCCCC1. The van der Waals surface area contributed by atoms with Crippen molar-refractivity contribution in [1.82, 2.24) is 0 Å². The zero-order valence-corrected chi connectivity index (χ0v) is 11.2. The van der Waals surface area contributed by atoms with E-state index < -0.39 is 23.3 Å². The van der Waals surface area contributed by atoms with E-state index in [4.69, 9.17) is 4.74 Å². The fourth-order valence-electron chi connectivity index (χ4n) is 2.94. The van der Waals surface area contributed by atoms with Gasteiger partial charge in [-0.05, 0) is 25.8 Å². The highest BCUT2D eigenvalue weighted by atomic mass is 19.1. The molecule has 1 aromatic rings. The van der Waals surface area contributed by atoms with Gasteiger partial charge in [-0.25, -0.2) is 8.78 Å². The van der Waals surface area contributed by atoms with Gasteiger partial charge in [0.1, 0.15) is 17.7 Å². The van der Waals surface area contributed by atoms with Crippen LogP contribution < -0.4 is 0 Å². The van der Waals surface area contributed by atoms with Gasteiger partial charge in [0.05, 0.1) is 5.60 Å². The minimum atomic E-state index is -1.05. The van der Waals surface area contributed by atoms with Crippen LogP contribution in [0.1, 0.15) is 50.7 Å². The number of halogens is 2. The molecule has 1 fully saturated rings. The van der Waals surface area contributed by atoms with Gasteiger partial charge in [0.15, 0.2) is 0 Å². The first-order chi connectivity index (χ1) is 9.09. The lowest BCUT2D eigenvalue weighted by Gasteiger charge is -2.41. The molecule has 0 radical (unpaired) electrons. The van der Waals surface area contributed by atoms with E-state index in [1.807, 2.05) is 6.92 Å². The molecular formula is C15H20F2O2. The van der Waals surface area contributed by atoms with E-state index in [9.17, 15) is 13.9 Å². The molecule has 0 spiro atoms. The van der Waals surface area contributed by atoms with Gasteiger partial charge < -0.3 is 9.84 Å². The van der Waals surface area contributed by atoms with Gasteiger partial charge in [0.25, 0.3) is 0 Å². The molecule has 0 aromatic heterocycles. The average Bonchev–Trinajstić information content (AvgIpc) is 2.39. The molecule has 1 aliphatic rings. The third-order valence-electron chi connectivity index (χ3n) is 3.89. The molecule has 0 heterocycles. The number of hydrogen-bond donors (Lipinski definition) is 1. The van der Waals surface area contributed by atoms with Crippen LogP contribution in [-0.2, 0) is 4.74 Å². The van der Waals surface area contributed by atoms with Gasteiger partial charge in [0.2, 0.25) is 0 Å². The molecular weight excluding hydrogens is 250 g/mol. The number of rotatable bonds is 4. The molecule has 0 bridgehead atoms. The van der Waals surface area contributed by atoms with Crippen molar-refractivity contribution in [3.8, 4) is 0 Å². The van der Waals surface area contributed by atoms with Crippen molar-refractivity contribution in [2.75, 3.05) is 6.61 Å². The molecule has 1 atom stereocenters. The summed E-state index contributed by atoms with van der Waals surface area (Å²) < 4.78 is 32.5. The van der Waals surface area contributed by atoms with Gasteiger partial charge >= 0.3 is 0 Å². The largest absolute Gasteiger partial charge is 0.385 e. The van der Waals surface area contributed by atoms with Crippen LogP contribution in [0.3, 0.4) is 0 Å². The highest BCUT2D eigenvalue weighted by molar-refractivity contribution is 5.23. The van der Waals surface area contributed by atoms with E-state index in [-0.39, 0.29) is 5.56 Å².